The minimum Gasteiger partial charge on any atom is -0.392 e. The largest absolute Gasteiger partial charge is 0.392 e. The maximum absolute atomic E-state index is 10.2. The first-order valence-electron chi connectivity index (χ1n) is 5.86. The average Bonchev–Trinajstić information content (AvgIpc) is 2.34. The maximum atomic E-state index is 10.2. The van der Waals surface area contributed by atoms with Crippen molar-refractivity contribution in [1.29, 1.82) is 0 Å². The second-order valence-electron chi connectivity index (χ2n) is 4.46. The summed E-state index contributed by atoms with van der Waals surface area (Å²) in [4.78, 5) is 0. The fourth-order valence-corrected chi connectivity index (χ4v) is 2.67. The molecule has 1 heterocycles. The molecule has 0 spiro atoms. The van der Waals surface area contributed by atoms with Crippen LogP contribution in [0.2, 0.25) is 10.0 Å². The second-order valence-corrected chi connectivity index (χ2v) is 5.30. The van der Waals surface area contributed by atoms with Crippen molar-refractivity contribution in [2.24, 2.45) is 5.92 Å². The number of hydrogen-bond acceptors (Lipinski definition) is 2. The Labute approximate surface area is 111 Å². The summed E-state index contributed by atoms with van der Waals surface area (Å²) >= 11 is 11.9. The Morgan fingerprint density at radius 3 is 2.65 bits per heavy atom. The third-order valence-corrected chi connectivity index (χ3v) is 3.84. The molecule has 0 bridgehead atoms. The number of benzene rings is 1. The van der Waals surface area contributed by atoms with Gasteiger partial charge in [-0.1, -0.05) is 29.3 Å². The lowest BCUT2D eigenvalue weighted by atomic mass is 9.90. The highest BCUT2D eigenvalue weighted by molar-refractivity contribution is 6.35. The third kappa shape index (κ3) is 3.59. The summed E-state index contributed by atoms with van der Waals surface area (Å²) in [7, 11) is 0. The Hall–Kier alpha value is -0.280. The highest BCUT2D eigenvalue weighted by Crippen LogP contribution is 2.26. The van der Waals surface area contributed by atoms with Gasteiger partial charge < -0.3 is 9.84 Å². The van der Waals surface area contributed by atoms with E-state index in [4.69, 9.17) is 27.9 Å². The number of rotatable bonds is 3. The van der Waals surface area contributed by atoms with E-state index in [1.54, 1.807) is 12.1 Å². The van der Waals surface area contributed by atoms with Gasteiger partial charge in [0, 0.05) is 29.7 Å². The van der Waals surface area contributed by atoms with Crippen LogP contribution in [0.3, 0.4) is 0 Å². The predicted molar refractivity (Wildman–Crippen MR) is 69.7 cm³/mol. The van der Waals surface area contributed by atoms with E-state index in [0.717, 1.165) is 31.6 Å². The predicted octanol–water partition coefficient (Wildman–Crippen LogP) is 3.32. The van der Waals surface area contributed by atoms with E-state index in [-0.39, 0.29) is 6.10 Å². The molecule has 1 unspecified atom stereocenters. The normalized spacial score (nSPS) is 19.2. The van der Waals surface area contributed by atoms with E-state index in [1.165, 1.54) is 0 Å². The molecule has 1 saturated heterocycles. The first-order valence-corrected chi connectivity index (χ1v) is 6.62. The fraction of sp³-hybridized carbons (Fsp3) is 0.538. The number of aliphatic hydroxyl groups is 1. The van der Waals surface area contributed by atoms with Gasteiger partial charge in [-0.2, -0.15) is 0 Å². The van der Waals surface area contributed by atoms with Crippen molar-refractivity contribution in [2.45, 2.75) is 25.4 Å². The van der Waals surface area contributed by atoms with Crippen LogP contribution >= 0.6 is 23.2 Å². The minimum absolute atomic E-state index is 0.315. The molecular formula is C13H16Cl2O2. The molecule has 1 aliphatic heterocycles. The van der Waals surface area contributed by atoms with Crippen molar-refractivity contribution >= 4 is 23.2 Å². The van der Waals surface area contributed by atoms with E-state index in [1.807, 2.05) is 6.07 Å². The lowest BCUT2D eigenvalue weighted by molar-refractivity contribution is 0.00840. The Morgan fingerprint density at radius 1 is 1.29 bits per heavy atom. The fourth-order valence-electron chi connectivity index (χ4n) is 2.18. The van der Waals surface area contributed by atoms with E-state index in [0.29, 0.717) is 22.4 Å². The van der Waals surface area contributed by atoms with Gasteiger partial charge in [0.15, 0.2) is 0 Å². The molecule has 2 nitrogen and oxygen atoms in total. The summed E-state index contributed by atoms with van der Waals surface area (Å²) < 4.78 is 5.28. The number of aliphatic hydroxyl groups excluding tert-OH is 1. The van der Waals surface area contributed by atoms with Gasteiger partial charge in [0.05, 0.1) is 6.10 Å². The maximum Gasteiger partial charge on any atom is 0.0610 e. The van der Waals surface area contributed by atoms with E-state index in [9.17, 15) is 5.11 Å². The first kappa shape index (κ1) is 13.2. The van der Waals surface area contributed by atoms with Crippen LogP contribution in [-0.4, -0.2) is 24.4 Å². The Morgan fingerprint density at radius 2 is 2.00 bits per heavy atom. The van der Waals surface area contributed by atoms with Crippen LogP contribution in [0.25, 0.3) is 0 Å². The highest BCUT2D eigenvalue weighted by Gasteiger charge is 2.22. The zero-order chi connectivity index (χ0) is 12.3. The van der Waals surface area contributed by atoms with Gasteiger partial charge in [-0.3, -0.25) is 0 Å². The summed E-state index contributed by atoms with van der Waals surface area (Å²) in [6.45, 7) is 1.49. The minimum atomic E-state index is -0.349. The smallest absolute Gasteiger partial charge is 0.0610 e. The van der Waals surface area contributed by atoms with Gasteiger partial charge in [-0.05, 0) is 36.5 Å². The van der Waals surface area contributed by atoms with Crippen molar-refractivity contribution in [3.63, 3.8) is 0 Å². The van der Waals surface area contributed by atoms with Gasteiger partial charge in [0.2, 0.25) is 0 Å². The molecule has 1 N–H and O–H groups in total. The van der Waals surface area contributed by atoms with Crippen LogP contribution in [-0.2, 0) is 11.2 Å². The molecule has 0 saturated carbocycles. The van der Waals surface area contributed by atoms with Crippen molar-refractivity contribution in [3.05, 3.63) is 33.8 Å². The van der Waals surface area contributed by atoms with Crippen molar-refractivity contribution < 1.29 is 9.84 Å². The van der Waals surface area contributed by atoms with Crippen LogP contribution in [0.5, 0.6) is 0 Å². The molecule has 1 atom stereocenters. The highest BCUT2D eigenvalue weighted by atomic mass is 35.5. The monoisotopic (exact) mass is 274 g/mol. The molecule has 1 aromatic carbocycles. The second kappa shape index (κ2) is 6.05. The number of halogens is 2. The molecule has 1 fully saturated rings. The van der Waals surface area contributed by atoms with Crippen molar-refractivity contribution in [1.82, 2.24) is 0 Å². The van der Waals surface area contributed by atoms with Crippen LogP contribution < -0.4 is 0 Å². The molecule has 1 aromatic rings. The average molecular weight is 275 g/mol. The lowest BCUT2D eigenvalue weighted by Gasteiger charge is -2.27. The van der Waals surface area contributed by atoms with E-state index in [2.05, 4.69) is 0 Å². The zero-order valence-corrected chi connectivity index (χ0v) is 11.0. The standard InChI is InChI=1S/C13H16Cl2O2/c14-11-2-1-10(12(15)8-11)7-13(16)9-3-5-17-6-4-9/h1-2,8-9,13,16H,3-7H2. The van der Waals surface area contributed by atoms with Gasteiger partial charge in [0.1, 0.15) is 0 Å². The molecule has 17 heavy (non-hydrogen) atoms. The summed E-state index contributed by atoms with van der Waals surface area (Å²) in [5.41, 5.74) is 0.954. The molecule has 2 rings (SSSR count). The van der Waals surface area contributed by atoms with E-state index >= 15 is 0 Å². The molecular weight excluding hydrogens is 259 g/mol. The Bertz CT molecular complexity index is 376. The first-order chi connectivity index (χ1) is 8.16. The summed E-state index contributed by atoms with van der Waals surface area (Å²) in [6, 6.07) is 5.40. The Kier molecular flexibility index (Phi) is 4.69. The van der Waals surface area contributed by atoms with Crippen LogP contribution in [0, 0.1) is 5.92 Å². The third-order valence-electron chi connectivity index (χ3n) is 3.25. The summed E-state index contributed by atoms with van der Waals surface area (Å²) in [5.74, 6) is 0.315. The summed E-state index contributed by atoms with van der Waals surface area (Å²) in [6.07, 6.45) is 2.08. The number of ether oxygens (including phenoxy) is 1. The SMILES string of the molecule is OC(Cc1ccc(Cl)cc1Cl)C1CCOCC1. The van der Waals surface area contributed by atoms with Crippen molar-refractivity contribution in [2.75, 3.05) is 13.2 Å². The molecule has 0 aromatic heterocycles. The van der Waals surface area contributed by atoms with Gasteiger partial charge in [-0.15, -0.1) is 0 Å². The lowest BCUT2D eigenvalue weighted by Crippen LogP contribution is -2.28. The molecule has 94 valence electrons. The van der Waals surface area contributed by atoms with Gasteiger partial charge >= 0.3 is 0 Å². The molecule has 0 amide bonds. The van der Waals surface area contributed by atoms with Crippen LogP contribution in [0.15, 0.2) is 18.2 Å². The molecule has 4 heteroatoms. The molecule has 0 radical (unpaired) electrons. The molecule has 0 aliphatic carbocycles. The van der Waals surface area contributed by atoms with Crippen LogP contribution in [0.4, 0.5) is 0 Å². The van der Waals surface area contributed by atoms with Crippen molar-refractivity contribution in [3.8, 4) is 0 Å². The number of hydrogen-bond donors (Lipinski definition) is 1. The summed E-state index contributed by atoms with van der Waals surface area (Å²) in [5, 5.41) is 11.4. The topological polar surface area (TPSA) is 29.5 Å². The zero-order valence-electron chi connectivity index (χ0n) is 9.53. The van der Waals surface area contributed by atoms with Gasteiger partial charge in [0.25, 0.3) is 0 Å². The Balaban J connectivity index is 1.99. The van der Waals surface area contributed by atoms with E-state index < -0.39 is 0 Å². The van der Waals surface area contributed by atoms with Crippen LogP contribution in [0.1, 0.15) is 18.4 Å². The molecule has 1 aliphatic rings. The quantitative estimate of drug-likeness (QED) is 0.916. The van der Waals surface area contributed by atoms with Gasteiger partial charge in [-0.25, -0.2) is 0 Å².